The van der Waals surface area contributed by atoms with E-state index in [2.05, 4.69) is 15.3 Å². The predicted molar refractivity (Wildman–Crippen MR) is 44.0 cm³/mol. The smallest absolute Gasteiger partial charge is 0.322 e. The van der Waals surface area contributed by atoms with E-state index in [1.807, 2.05) is 0 Å². The highest BCUT2D eigenvalue weighted by molar-refractivity contribution is 6.07. The number of rotatable bonds is 0. The highest BCUT2D eigenvalue weighted by atomic mass is 16.2. The van der Waals surface area contributed by atoms with Crippen molar-refractivity contribution in [3.05, 3.63) is 0 Å². The molecule has 64 valence electrons. The minimum atomic E-state index is -0.453. The highest BCUT2D eigenvalue weighted by Crippen LogP contribution is 2.11. The third-order valence-corrected chi connectivity index (χ3v) is 1.87. The Morgan fingerprint density at radius 3 is 3.25 bits per heavy atom. The minimum absolute atomic E-state index is 0.215. The van der Waals surface area contributed by atoms with Crippen LogP contribution in [0, 0.1) is 0 Å². The molecule has 3 N–H and O–H groups in total. The molecule has 12 heavy (non-hydrogen) atoms. The first-order valence-corrected chi connectivity index (χ1v) is 3.59. The van der Waals surface area contributed by atoms with Gasteiger partial charge in [0, 0.05) is 7.05 Å². The van der Waals surface area contributed by atoms with Crippen LogP contribution in [-0.2, 0) is 0 Å². The summed E-state index contributed by atoms with van der Waals surface area (Å²) in [4.78, 5) is 20.4. The Hall–Kier alpha value is -1.43. The summed E-state index contributed by atoms with van der Waals surface area (Å²) in [5, 5.41) is 2.48. The Balaban J connectivity index is 2.35. The number of likely N-dealkylation sites (N-methyl/N-ethyl adjacent to an activating group) is 1. The number of carbonyl (C=O) groups excluding carboxylic acids is 1. The van der Waals surface area contributed by atoms with Crippen LogP contribution in [-0.4, -0.2) is 42.4 Å². The molecule has 0 saturated heterocycles. The second-order valence-electron chi connectivity index (χ2n) is 2.77. The zero-order valence-electron chi connectivity index (χ0n) is 6.56. The summed E-state index contributed by atoms with van der Waals surface area (Å²) < 4.78 is 0. The fraction of sp³-hybridized carbons (Fsp3) is 0.500. The molecule has 0 aliphatic carbocycles. The van der Waals surface area contributed by atoms with Gasteiger partial charge < -0.3 is 16.0 Å². The van der Waals surface area contributed by atoms with Crippen LogP contribution in [0.15, 0.2) is 9.98 Å². The van der Waals surface area contributed by atoms with Gasteiger partial charge in [0.15, 0.2) is 0 Å². The van der Waals surface area contributed by atoms with Gasteiger partial charge in [-0.3, -0.25) is 4.99 Å². The van der Waals surface area contributed by atoms with Gasteiger partial charge in [0.05, 0.1) is 6.34 Å². The fourth-order valence-corrected chi connectivity index (χ4v) is 1.26. The lowest BCUT2D eigenvalue weighted by atomic mass is 10.2. The van der Waals surface area contributed by atoms with Crippen molar-refractivity contribution in [2.24, 2.45) is 15.7 Å². The quantitative estimate of drug-likeness (QED) is 0.472. The Labute approximate surface area is 69.2 Å². The molecule has 0 aromatic rings. The molecule has 0 spiro atoms. The number of nitrogens with zero attached hydrogens (tertiary/aromatic N) is 3. The second-order valence-corrected chi connectivity index (χ2v) is 2.77. The van der Waals surface area contributed by atoms with Crippen LogP contribution in [0.5, 0.6) is 0 Å². The molecule has 2 aliphatic heterocycles. The van der Waals surface area contributed by atoms with Crippen LogP contribution >= 0.6 is 0 Å². The van der Waals surface area contributed by atoms with Crippen molar-refractivity contribution in [2.45, 2.75) is 12.2 Å². The summed E-state index contributed by atoms with van der Waals surface area (Å²) in [6.07, 6.45) is 1.16. The van der Waals surface area contributed by atoms with Crippen LogP contribution < -0.4 is 11.1 Å². The molecule has 0 aromatic carbocycles. The van der Waals surface area contributed by atoms with Crippen LogP contribution in [0.4, 0.5) is 4.79 Å². The van der Waals surface area contributed by atoms with E-state index in [1.54, 1.807) is 18.3 Å². The molecule has 2 rings (SSSR count). The predicted octanol–water partition coefficient (Wildman–Crippen LogP) is -1.26. The first kappa shape index (κ1) is 7.23. The number of amidine groups is 1. The van der Waals surface area contributed by atoms with Gasteiger partial charge in [0.1, 0.15) is 18.0 Å². The standard InChI is InChI=1S/C6H9N5O/c1-11-2-8-3-4(7)9-6(12)10-5(3)11/h2-4H,7H2,1H3,(H,9,12). The summed E-state index contributed by atoms with van der Waals surface area (Å²) in [5.41, 5.74) is 5.62. The normalized spacial score (nSPS) is 33.0. The average molecular weight is 167 g/mol. The van der Waals surface area contributed by atoms with Gasteiger partial charge in [-0.2, -0.15) is 4.99 Å². The first-order chi connectivity index (χ1) is 5.68. The highest BCUT2D eigenvalue weighted by Gasteiger charge is 2.34. The molecule has 6 heteroatoms. The Morgan fingerprint density at radius 1 is 1.75 bits per heavy atom. The van der Waals surface area contributed by atoms with Crippen molar-refractivity contribution in [3.63, 3.8) is 0 Å². The number of hydrogen-bond donors (Lipinski definition) is 2. The first-order valence-electron chi connectivity index (χ1n) is 3.59. The van der Waals surface area contributed by atoms with Gasteiger partial charge >= 0.3 is 6.03 Å². The minimum Gasteiger partial charge on any atom is -0.322 e. The Morgan fingerprint density at radius 2 is 2.50 bits per heavy atom. The van der Waals surface area contributed by atoms with Crippen LogP contribution in [0.1, 0.15) is 0 Å². The maximum absolute atomic E-state index is 10.9. The SMILES string of the molecule is CN1C=NC2C1=NC(=O)NC2N. The number of aliphatic imine (C=N–C) groups is 2. The van der Waals surface area contributed by atoms with Crippen molar-refractivity contribution in [1.82, 2.24) is 10.2 Å². The zero-order chi connectivity index (χ0) is 8.72. The lowest BCUT2D eigenvalue weighted by Gasteiger charge is -2.24. The molecule has 2 unspecified atom stereocenters. The van der Waals surface area contributed by atoms with Crippen LogP contribution in [0.3, 0.4) is 0 Å². The molecule has 0 bridgehead atoms. The molecule has 0 fully saturated rings. The van der Waals surface area contributed by atoms with E-state index in [0.29, 0.717) is 5.84 Å². The maximum Gasteiger partial charge on any atom is 0.344 e. The second kappa shape index (κ2) is 2.28. The van der Waals surface area contributed by atoms with Crippen molar-refractivity contribution < 1.29 is 4.79 Å². The van der Waals surface area contributed by atoms with Gasteiger partial charge in [0.2, 0.25) is 0 Å². The van der Waals surface area contributed by atoms with E-state index in [4.69, 9.17) is 5.73 Å². The summed E-state index contributed by atoms with van der Waals surface area (Å²) in [5.74, 6) is 0.617. The van der Waals surface area contributed by atoms with Crippen molar-refractivity contribution in [3.8, 4) is 0 Å². The Bertz CT molecular complexity index is 284. The fourth-order valence-electron chi connectivity index (χ4n) is 1.26. The van der Waals surface area contributed by atoms with E-state index in [9.17, 15) is 4.79 Å². The summed E-state index contributed by atoms with van der Waals surface area (Å²) in [7, 11) is 1.79. The summed E-state index contributed by atoms with van der Waals surface area (Å²) in [6, 6.07) is -0.612. The van der Waals surface area contributed by atoms with Gasteiger partial charge in [0.25, 0.3) is 0 Å². The van der Waals surface area contributed by atoms with E-state index >= 15 is 0 Å². The number of hydrogen-bond acceptors (Lipinski definition) is 4. The summed E-state index contributed by atoms with van der Waals surface area (Å²) in [6.45, 7) is 0. The largest absolute Gasteiger partial charge is 0.344 e. The number of urea groups is 1. The van der Waals surface area contributed by atoms with Crippen LogP contribution in [0.2, 0.25) is 0 Å². The molecule has 0 radical (unpaired) electrons. The van der Waals surface area contributed by atoms with Gasteiger partial charge in [-0.25, -0.2) is 4.79 Å². The van der Waals surface area contributed by atoms with Crippen LogP contribution in [0.25, 0.3) is 0 Å². The molecule has 2 aliphatic rings. The Kier molecular flexibility index (Phi) is 1.37. The molecule has 2 heterocycles. The molecular formula is C6H9N5O. The van der Waals surface area contributed by atoms with E-state index < -0.39 is 12.2 Å². The van der Waals surface area contributed by atoms with E-state index in [-0.39, 0.29) is 6.04 Å². The van der Waals surface area contributed by atoms with E-state index in [1.165, 1.54) is 0 Å². The van der Waals surface area contributed by atoms with Gasteiger partial charge in [-0.15, -0.1) is 0 Å². The lowest BCUT2D eigenvalue weighted by Crippen LogP contribution is -2.55. The molecule has 2 atom stereocenters. The molecule has 0 aromatic heterocycles. The molecule has 6 nitrogen and oxygen atoms in total. The maximum atomic E-state index is 10.9. The number of nitrogens with two attached hydrogens (primary N) is 1. The lowest BCUT2D eigenvalue weighted by molar-refractivity contribution is 0.243. The zero-order valence-corrected chi connectivity index (χ0v) is 6.56. The van der Waals surface area contributed by atoms with Gasteiger partial charge in [-0.1, -0.05) is 0 Å². The van der Waals surface area contributed by atoms with Crippen molar-refractivity contribution in [2.75, 3.05) is 7.05 Å². The van der Waals surface area contributed by atoms with Crippen molar-refractivity contribution >= 4 is 18.2 Å². The molecular weight excluding hydrogens is 158 g/mol. The topological polar surface area (TPSA) is 83.1 Å². The number of amides is 2. The van der Waals surface area contributed by atoms with Gasteiger partial charge in [-0.05, 0) is 0 Å². The third kappa shape index (κ3) is 0.884. The average Bonchev–Trinajstić information content (AvgIpc) is 2.33. The monoisotopic (exact) mass is 167 g/mol. The third-order valence-electron chi connectivity index (χ3n) is 1.87. The number of fused-ring (bicyclic) bond motifs is 1. The van der Waals surface area contributed by atoms with E-state index in [0.717, 1.165) is 0 Å². The molecule has 0 saturated carbocycles. The summed E-state index contributed by atoms with van der Waals surface area (Å²) >= 11 is 0. The number of carbonyl (C=O) groups is 1. The van der Waals surface area contributed by atoms with Crippen molar-refractivity contribution in [1.29, 1.82) is 0 Å². The molecule has 2 amide bonds. The number of nitrogens with one attached hydrogen (secondary N) is 1.